The average molecular weight is 1550 g/mol. The van der Waals surface area contributed by atoms with Crippen LogP contribution in [0.3, 0.4) is 0 Å². The number of aliphatic hydroxyl groups is 3. The highest BCUT2D eigenvalue weighted by Gasteiger charge is 2.69. The van der Waals surface area contributed by atoms with E-state index in [9.17, 15) is 90.8 Å². The van der Waals surface area contributed by atoms with Gasteiger partial charge in [-0.3, -0.25) is 56.3 Å². The Labute approximate surface area is 604 Å². The molecular formula is C64H94O35S4-2. The summed E-state index contributed by atoms with van der Waals surface area (Å²) in [6.07, 6.45) is -14.2. The van der Waals surface area contributed by atoms with Gasteiger partial charge in [0.25, 0.3) is 0 Å². The zero-order chi connectivity index (χ0) is 75.6. The van der Waals surface area contributed by atoms with E-state index in [4.69, 9.17) is 55.0 Å². The summed E-state index contributed by atoms with van der Waals surface area (Å²) in [6.45, 7) is 17.8. The molecule has 0 aromatic heterocycles. The summed E-state index contributed by atoms with van der Waals surface area (Å²) in [6, 6.07) is 0. The smallest absolute Gasteiger partial charge is 0.397 e. The number of fused-ring (bicyclic) bond motifs is 6. The molecule has 2 saturated heterocycles. The molecule has 8 saturated carbocycles. The molecule has 2 spiro atoms. The molecule has 103 heavy (non-hydrogen) atoms. The Morgan fingerprint density at radius 3 is 1.36 bits per heavy atom. The van der Waals surface area contributed by atoms with Crippen molar-refractivity contribution in [3.8, 4) is 0 Å². The molecule has 10 fully saturated rings. The minimum absolute atomic E-state index is 0.0250. The van der Waals surface area contributed by atoms with Crippen LogP contribution in [-0.2, 0) is 118 Å². The number of carbonyl (C=O) groups excluding carboxylic acids is 3. The van der Waals surface area contributed by atoms with Crippen LogP contribution < -0.4 is 10.5 Å². The first-order chi connectivity index (χ1) is 48.3. The lowest BCUT2D eigenvalue weighted by molar-refractivity contribution is -0.778. The van der Waals surface area contributed by atoms with Crippen molar-refractivity contribution in [2.75, 3.05) is 13.2 Å². The van der Waals surface area contributed by atoms with Gasteiger partial charge >= 0.3 is 56.6 Å². The zero-order valence-corrected chi connectivity index (χ0v) is 60.9. The molecule has 8 aliphatic carbocycles. The highest BCUT2D eigenvalue weighted by molar-refractivity contribution is 7.90. The lowest BCUT2D eigenvalue weighted by atomic mass is 9.43. The molecule has 586 valence electrons. The third-order valence-electron chi connectivity index (χ3n) is 23.7. The fraction of sp³-hybridized carbons (Fsp3) is 0.844. The highest BCUT2D eigenvalue weighted by atomic mass is 32.3. The molecule has 10 rings (SSSR count). The first-order valence-corrected chi connectivity index (χ1v) is 38.5. The average Bonchev–Trinajstić information content (AvgIpc) is 1.69. The number of ether oxygens (including phenoxy) is 7. The first kappa shape index (κ1) is 83.2. The van der Waals surface area contributed by atoms with Crippen LogP contribution in [0.15, 0.2) is 24.3 Å². The molecule has 2 heterocycles. The lowest BCUT2D eigenvalue weighted by Crippen LogP contribution is -2.64. The van der Waals surface area contributed by atoms with Crippen LogP contribution in [0.2, 0.25) is 0 Å². The van der Waals surface area contributed by atoms with Crippen molar-refractivity contribution in [3.63, 3.8) is 0 Å². The molecule has 0 radical (unpaired) electrons. The van der Waals surface area contributed by atoms with E-state index >= 15 is 0 Å². The number of hydrogen-bond donors (Lipinski definition) is 8. The molecule has 4 bridgehead atoms. The number of esters is 3. The molecule has 35 nitrogen and oxygen atoms in total. The van der Waals surface area contributed by atoms with Gasteiger partial charge in [-0.1, -0.05) is 54.7 Å². The van der Waals surface area contributed by atoms with E-state index in [0.29, 0.717) is 32.1 Å². The van der Waals surface area contributed by atoms with Gasteiger partial charge in [0.05, 0.1) is 55.7 Å². The van der Waals surface area contributed by atoms with Gasteiger partial charge in [0.2, 0.25) is 0 Å². The Balaban J connectivity index is 0.000000241. The van der Waals surface area contributed by atoms with Crippen LogP contribution in [0.4, 0.5) is 0 Å². The summed E-state index contributed by atoms with van der Waals surface area (Å²) in [5.41, 5.74) is -0.568. The largest absolute Gasteiger partial charge is 0.691 e. The quantitative estimate of drug-likeness (QED) is 0.00584. The zero-order valence-electron chi connectivity index (χ0n) is 57.6. The van der Waals surface area contributed by atoms with Crippen LogP contribution in [0.25, 0.3) is 0 Å². The monoisotopic (exact) mass is 1550 g/mol. The fourth-order valence-corrected chi connectivity index (χ4v) is 21.7. The van der Waals surface area contributed by atoms with Crippen molar-refractivity contribution >= 4 is 81.3 Å². The molecule has 2 aliphatic heterocycles. The summed E-state index contributed by atoms with van der Waals surface area (Å²) >= 11 is -0.168. The van der Waals surface area contributed by atoms with Gasteiger partial charge in [-0.25, -0.2) is 8.37 Å². The van der Waals surface area contributed by atoms with E-state index in [-0.39, 0.29) is 104 Å². The standard InChI is InChI=1S/C34H50O19S2.C30H46O16S2/c1-16(2)11-26(38)49-29-28(51-55(43,44)45)27(50-54-53-52-42)22(15-46-25(37)8-7-24(35)36)48-32(29)47-19-12-20(31(40)41)21-9-10-34-13-18(17(3)30(34)39)5-6-23(34)33(21,4)14-19;1-14(2)9-22(32)42-25-24(44-48(37,38)39)23(43-47-46-45-36)20(13-31)41-28(25)40-17-10-18(27(34)35)19-7-8-30-11-16(15(3)26(30)33)5-6-21(30)29(19,4)12-17/h16,18-23,27-30,32,39,42H,3,5-15H2,1-2,4H3,(H,35,36)(H,40,41)(H,43,44,45);14,16-21,23-26,28,31,33,36H,3,5-13H2,1-2,4H3,(H,34,35)(H,37,38,39)/p-2/t18?,19?,20?,21?,22-,23?,27+,28-,29?,30-,32+,33?,34?;16?,17?,18?,19?,20-,21?,23+,24-,25?,26-,28+,29?,30?/m00/s1. The Hall–Kier alpha value is -3.86. The molecule has 0 amide bonds. The van der Waals surface area contributed by atoms with Crippen LogP contribution in [-0.4, -0.2) is 191 Å². The van der Waals surface area contributed by atoms with Crippen molar-refractivity contribution in [1.82, 2.24) is 0 Å². The maximum absolute atomic E-state index is 13.2. The Kier molecular flexibility index (Phi) is 27.4. The summed E-state index contributed by atoms with van der Waals surface area (Å²) in [5.74, 6) is -8.42. The van der Waals surface area contributed by atoms with Gasteiger partial charge in [0, 0.05) is 23.7 Å². The first-order valence-electron chi connectivity index (χ1n) is 34.4. The maximum Gasteiger partial charge on any atom is 0.397 e. The van der Waals surface area contributed by atoms with Crippen molar-refractivity contribution in [2.45, 2.75) is 243 Å². The molecule has 0 aromatic rings. The summed E-state index contributed by atoms with van der Waals surface area (Å²) in [7, 11) is -10.6. The number of carbonyl (C=O) groups is 6. The predicted octanol–water partition coefficient (Wildman–Crippen LogP) is 3.72. The minimum atomic E-state index is -5.39. The van der Waals surface area contributed by atoms with Crippen molar-refractivity contribution in [3.05, 3.63) is 24.3 Å². The second-order valence-corrected chi connectivity index (χ2v) is 33.6. The lowest BCUT2D eigenvalue weighted by Gasteiger charge is -2.62. The van der Waals surface area contributed by atoms with Crippen molar-refractivity contribution in [2.24, 2.45) is 80.8 Å². The Morgan fingerprint density at radius 2 is 0.990 bits per heavy atom. The van der Waals surface area contributed by atoms with Crippen LogP contribution >= 0.6 is 24.6 Å². The maximum atomic E-state index is 13.2. The van der Waals surface area contributed by atoms with E-state index in [0.717, 1.165) is 49.7 Å². The van der Waals surface area contributed by atoms with Crippen LogP contribution in [0.1, 0.15) is 157 Å². The Morgan fingerprint density at radius 1 is 0.583 bits per heavy atom. The predicted molar refractivity (Wildman–Crippen MR) is 342 cm³/mol. The summed E-state index contributed by atoms with van der Waals surface area (Å²) in [4.78, 5) is 75.3. The summed E-state index contributed by atoms with van der Waals surface area (Å²) < 4.78 is 139. The van der Waals surface area contributed by atoms with Crippen molar-refractivity contribution < 1.29 is 164 Å². The number of carboxylic acids is 3. The molecule has 16 unspecified atom stereocenters. The number of aliphatic hydroxyl groups excluding tert-OH is 3. The van der Waals surface area contributed by atoms with Crippen LogP contribution in [0.5, 0.6) is 0 Å². The highest BCUT2D eigenvalue weighted by Crippen LogP contribution is 2.73. The van der Waals surface area contributed by atoms with Gasteiger partial charge < -0.3 is 74.3 Å². The topological polar surface area (TPSA) is 517 Å². The molecule has 26 atom stereocenters. The molecule has 8 N–H and O–H groups in total. The number of hydrogen-bond acceptors (Lipinski definition) is 32. The Bertz CT molecular complexity index is 3290. The van der Waals surface area contributed by atoms with E-state index in [1.165, 1.54) is 0 Å². The summed E-state index contributed by atoms with van der Waals surface area (Å²) in [5, 5.41) is 90.6. The van der Waals surface area contributed by atoms with Crippen LogP contribution in [0, 0.1) is 80.8 Å². The van der Waals surface area contributed by atoms with E-state index in [1.54, 1.807) is 27.7 Å². The fourth-order valence-electron chi connectivity index (χ4n) is 20.0. The second-order valence-electron chi connectivity index (χ2n) is 30.5. The SMILES string of the molecule is C=C1C2CCC3C4(C)CC(O[C@@H]5O[C@@H](CO)[C@@H](OSOO[O-])[C@H](OS(=O)(=O)O)C5OC(=O)CC(C)C)CC(C(=O)O)C4CCC3(C2)[C@H]1O.C=C1C2CCC3C4(C)CC(O[C@@H]5O[C@@H](COC(=O)CCC(=O)O)[C@@H](OSOO[O-])[C@H](OS(=O)(=O)O)C5OC(=O)CC(C)C)CC(C(=O)O)C4CCC3(C2)[C@H]1O. The molecule has 39 heteroatoms. The second kappa shape index (κ2) is 34.0. The van der Waals surface area contributed by atoms with E-state index < -0.39 is 202 Å². The van der Waals surface area contributed by atoms with E-state index in [2.05, 4.69) is 31.9 Å². The van der Waals surface area contributed by atoms with Gasteiger partial charge in [-0.2, -0.15) is 16.8 Å². The number of carboxylic acid groups (broad SMARTS) is 3. The van der Waals surface area contributed by atoms with Gasteiger partial charge in [-0.15, -0.1) is 8.67 Å². The minimum Gasteiger partial charge on any atom is -0.691 e. The molecule has 10 aliphatic rings. The third kappa shape index (κ3) is 18.4. The van der Waals surface area contributed by atoms with Gasteiger partial charge in [-0.05, 0) is 159 Å². The third-order valence-corrected chi connectivity index (χ3v) is 25.5. The molecular weight excluding hydrogens is 1460 g/mol. The normalized spacial score (nSPS) is 40.5. The van der Waals surface area contributed by atoms with E-state index in [1.807, 2.05) is 13.8 Å². The number of rotatable bonds is 30. The van der Waals surface area contributed by atoms with Crippen molar-refractivity contribution in [1.29, 1.82) is 0 Å². The number of aliphatic carboxylic acids is 3. The molecule has 0 aromatic carbocycles. The van der Waals surface area contributed by atoms with Gasteiger partial charge in [0.1, 0.15) is 31.0 Å². The van der Waals surface area contributed by atoms with Gasteiger partial charge in [0.15, 0.2) is 61.6 Å².